The van der Waals surface area contributed by atoms with Gasteiger partial charge >= 0.3 is 17.9 Å². The number of esters is 3. The Labute approximate surface area is 202 Å². The lowest BCUT2D eigenvalue weighted by atomic mass is 9.43. The van der Waals surface area contributed by atoms with E-state index in [0.717, 1.165) is 38.5 Å². The van der Waals surface area contributed by atoms with Gasteiger partial charge in [0.2, 0.25) is 0 Å². The summed E-state index contributed by atoms with van der Waals surface area (Å²) in [7, 11) is 0. The Kier molecular flexibility index (Phi) is 6.62. The van der Waals surface area contributed by atoms with Crippen LogP contribution in [0.25, 0.3) is 0 Å². The van der Waals surface area contributed by atoms with Crippen molar-refractivity contribution in [1.82, 2.24) is 0 Å². The van der Waals surface area contributed by atoms with E-state index in [-0.39, 0.29) is 65.0 Å². The number of fused-ring (bicyclic) bond motifs is 5. The lowest BCUT2D eigenvalue weighted by Crippen LogP contribution is -2.61. The summed E-state index contributed by atoms with van der Waals surface area (Å²) in [6.07, 6.45) is 5.08. The van der Waals surface area contributed by atoms with Crippen molar-refractivity contribution in [3.63, 3.8) is 0 Å². The molecule has 0 amide bonds. The summed E-state index contributed by atoms with van der Waals surface area (Å²) in [5, 5.41) is 0. The number of ether oxygens (including phenoxy) is 3. The Bertz CT molecular complexity index is 867. The third kappa shape index (κ3) is 4.07. The Balaban J connectivity index is 1.72. The van der Waals surface area contributed by atoms with Crippen LogP contribution >= 0.6 is 0 Å². The first-order valence-corrected chi connectivity index (χ1v) is 12.9. The third-order valence-electron chi connectivity index (χ3n) is 10.1. The molecule has 10 atom stereocenters. The topological polar surface area (TPSA) is 96.0 Å². The molecule has 190 valence electrons. The van der Waals surface area contributed by atoms with Crippen LogP contribution in [-0.4, -0.2) is 42.0 Å². The number of Topliss-reactive ketones (excluding diaryl/α,β-unsaturated/α-hetero) is 1. The highest BCUT2D eigenvalue weighted by atomic mass is 16.6. The molecule has 4 rings (SSSR count). The summed E-state index contributed by atoms with van der Waals surface area (Å²) in [6, 6.07) is 0. The smallest absolute Gasteiger partial charge is 0.302 e. The van der Waals surface area contributed by atoms with Crippen molar-refractivity contribution in [2.75, 3.05) is 0 Å². The average Bonchev–Trinajstić information content (AvgIpc) is 3.01. The predicted molar refractivity (Wildman–Crippen MR) is 123 cm³/mol. The molecule has 0 spiro atoms. The van der Waals surface area contributed by atoms with Crippen LogP contribution in [0.4, 0.5) is 0 Å². The second-order valence-electron chi connectivity index (χ2n) is 11.8. The molecular weight excluding hydrogens is 436 g/mol. The van der Waals surface area contributed by atoms with E-state index < -0.39 is 11.5 Å². The van der Waals surface area contributed by atoms with Crippen molar-refractivity contribution in [2.45, 2.75) is 105 Å². The van der Waals surface area contributed by atoms with E-state index in [9.17, 15) is 19.2 Å². The van der Waals surface area contributed by atoms with Crippen LogP contribution in [0.3, 0.4) is 0 Å². The van der Waals surface area contributed by atoms with E-state index in [1.165, 1.54) is 20.8 Å². The molecule has 0 unspecified atom stereocenters. The van der Waals surface area contributed by atoms with Crippen LogP contribution in [0, 0.1) is 40.4 Å². The lowest BCUT2D eigenvalue weighted by molar-refractivity contribution is -0.205. The maximum Gasteiger partial charge on any atom is 0.302 e. The fourth-order valence-electron chi connectivity index (χ4n) is 8.86. The lowest BCUT2D eigenvalue weighted by Gasteiger charge is -2.62. The standard InChI is InChI=1S/C27H40O7/c1-14(28)21-12-23(33-16(3)30)25-20-8-7-18-11-19(32-15(2)29)9-10-26(18,5)22(20)13-24(27(21,25)6)34-17(4)31/h18-25H,7-13H2,1-6H3/t18-,19+,20+,21-,22+,23-,24-,25-,26-,27-/m0/s1. The van der Waals surface area contributed by atoms with Crippen LogP contribution in [0.2, 0.25) is 0 Å². The molecule has 0 aromatic heterocycles. The molecule has 4 fully saturated rings. The second-order valence-corrected chi connectivity index (χ2v) is 11.8. The third-order valence-corrected chi connectivity index (χ3v) is 10.1. The Morgan fingerprint density at radius 2 is 1.41 bits per heavy atom. The van der Waals surface area contributed by atoms with Crippen molar-refractivity contribution in [3.8, 4) is 0 Å². The summed E-state index contributed by atoms with van der Waals surface area (Å²) < 4.78 is 17.4. The van der Waals surface area contributed by atoms with Crippen LogP contribution in [0.15, 0.2) is 0 Å². The van der Waals surface area contributed by atoms with E-state index in [1.54, 1.807) is 6.92 Å². The van der Waals surface area contributed by atoms with Gasteiger partial charge in [0.05, 0.1) is 0 Å². The number of ketones is 1. The van der Waals surface area contributed by atoms with Gasteiger partial charge in [-0.1, -0.05) is 13.8 Å². The molecular formula is C27H40O7. The Morgan fingerprint density at radius 1 is 0.765 bits per heavy atom. The minimum Gasteiger partial charge on any atom is -0.463 e. The zero-order chi connectivity index (χ0) is 25.0. The van der Waals surface area contributed by atoms with Gasteiger partial charge in [0.15, 0.2) is 0 Å². The van der Waals surface area contributed by atoms with Crippen molar-refractivity contribution < 1.29 is 33.4 Å². The molecule has 0 N–H and O–H groups in total. The van der Waals surface area contributed by atoms with E-state index in [4.69, 9.17) is 14.2 Å². The van der Waals surface area contributed by atoms with Gasteiger partial charge < -0.3 is 14.2 Å². The first-order valence-electron chi connectivity index (χ1n) is 12.9. The molecule has 7 nitrogen and oxygen atoms in total. The summed E-state index contributed by atoms with van der Waals surface area (Å²) in [5.74, 6) is -0.160. The van der Waals surface area contributed by atoms with Gasteiger partial charge in [0.1, 0.15) is 24.1 Å². The highest BCUT2D eigenvalue weighted by Crippen LogP contribution is 2.68. The number of hydrogen-bond acceptors (Lipinski definition) is 7. The van der Waals surface area contributed by atoms with Crippen molar-refractivity contribution in [3.05, 3.63) is 0 Å². The van der Waals surface area contributed by atoms with Crippen molar-refractivity contribution in [2.24, 2.45) is 40.4 Å². The van der Waals surface area contributed by atoms with E-state index in [0.29, 0.717) is 12.3 Å². The van der Waals surface area contributed by atoms with Gasteiger partial charge in [-0.25, -0.2) is 0 Å². The first-order chi connectivity index (χ1) is 15.9. The molecule has 7 heteroatoms. The number of rotatable bonds is 4. The van der Waals surface area contributed by atoms with E-state index >= 15 is 0 Å². The maximum atomic E-state index is 12.8. The van der Waals surface area contributed by atoms with Crippen LogP contribution in [0.5, 0.6) is 0 Å². The highest BCUT2D eigenvalue weighted by Gasteiger charge is 2.68. The summed E-state index contributed by atoms with van der Waals surface area (Å²) in [6.45, 7) is 10.4. The molecule has 0 saturated heterocycles. The fourth-order valence-corrected chi connectivity index (χ4v) is 8.86. The second kappa shape index (κ2) is 8.94. The molecule has 4 saturated carbocycles. The molecule has 0 heterocycles. The highest BCUT2D eigenvalue weighted by molar-refractivity contribution is 5.80. The first kappa shape index (κ1) is 25.2. The Morgan fingerprint density at radius 3 is 2.00 bits per heavy atom. The van der Waals surface area contributed by atoms with Gasteiger partial charge in [-0.3, -0.25) is 19.2 Å². The summed E-state index contributed by atoms with van der Waals surface area (Å²) in [4.78, 5) is 48.6. The largest absolute Gasteiger partial charge is 0.463 e. The SMILES string of the molecule is CC(=O)O[C@@H]1CC[C@@]2(C)[C@@H](CC[C@H]3[C@H]4[C@@H](OC(C)=O)C[C@@H](C(C)=O)[C@@]4(C)[C@@H](OC(C)=O)C[C@H]32)C1. The monoisotopic (exact) mass is 476 g/mol. The van der Waals surface area contributed by atoms with E-state index in [1.807, 2.05) is 0 Å². The van der Waals surface area contributed by atoms with Crippen LogP contribution in [-0.2, 0) is 33.4 Å². The van der Waals surface area contributed by atoms with Crippen LogP contribution in [0.1, 0.15) is 86.5 Å². The molecule has 0 aromatic rings. The molecule has 4 aliphatic carbocycles. The zero-order valence-electron chi connectivity index (χ0n) is 21.4. The molecule has 0 radical (unpaired) electrons. The van der Waals surface area contributed by atoms with Gasteiger partial charge in [0.25, 0.3) is 0 Å². The van der Waals surface area contributed by atoms with Gasteiger partial charge in [-0.15, -0.1) is 0 Å². The fraction of sp³-hybridized carbons (Fsp3) is 0.852. The minimum absolute atomic E-state index is 0.0222. The Hall–Kier alpha value is -1.92. The molecule has 0 aromatic carbocycles. The normalized spacial score (nSPS) is 45.2. The molecule has 0 bridgehead atoms. The maximum absolute atomic E-state index is 12.8. The van der Waals surface area contributed by atoms with Gasteiger partial charge in [0, 0.05) is 38.0 Å². The van der Waals surface area contributed by atoms with Crippen molar-refractivity contribution >= 4 is 23.7 Å². The predicted octanol–water partition coefficient (Wildman–Crippen LogP) is 4.25. The number of carbonyl (C=O) groups excluding carboxylic acids is 4. The summed E-state index contributed by atoms with van der Waals surface area (Å²) in [5.41, 5.74) is -0.536. The number of carbonyl (C=O) groups is 4. The van der Waals surface area contributed by atoms with Gasteiger partial charge in [-0.05, 0) is 75.0 Å². The molecule has 4 aliphatic rings. The number of hydrogen-bond donors (Lipinski definition) is 0. The zero-order valence-corrected chi connectivity index (χ0v) is 21.4. The molecule has 0 aliphatic heterocycles. The molecule has 34 heavy (non-hydrogen) atoms. The van der Waals surface area contributed by atoms with Crippen molar-refractivity contribution in [1.29, 1.82) is 0 Å². The van der Waals surface area contributed by atoms with E-state index in [2.05, 4.69) is 13.8 Å². The van der Waals surface area contributed by atoms with Crippen LogP contribution < -0.4 is 0 Å². The quantitative estimate of drug-likeness (QED) is 0.442. The average molecular weight is 477 g/mol. The van der Waals surface area contributed by atoms with Gasteiger partial charge in [-0.2, -0.15) is 0 Å². The minimum atomic E-state index is -0.559. The summed E-state index contributed by atoms with van der Waals surface area (Å²) >= 11 is 0.